The van der Waals surface area contributed by atoms with Gasteiger partial charge < -0.3 is 24.5 Å². The minimum Gasteiger partial charge on any atom is -0.507 e. The lowest BCUT2D eigenvalue weighted by atomic mass is 10.0. The largest absolute Gasteiger partial charge is 0.507 e. The number of ether oxygens (including phenoxy) is 1. The number of benzene rings is 1. The molecule has 12 heteroatoms. The lowest BCUT2D eigenvalue weighted by molar-refractivity contribution is -0.128. The van der Waals surface area contributed by atoms with Gasteiger partial charge in [-0.05, 0) is 25.1 Å². The van der Waals surface area contributed by atoms with Gasteiger partial charge in [0, 0.05) is 38.8 Å². The molecule has 3 aliphatic rings. The number of aromatic hydroxyl groups is 1. The van der Waals surface area contributed by atoms with E-state index in [4.69, 9.17) is 21.3 Å². The Bertz CT molecular complexity index is 1520. The zero-order valence-electron chi connectivity index (χ0n) is 21.4. The van der Waals surface area contributed by atoms with Gasteiger partial charge in [-0.3, -0.25) is 14.3 Å². The van der Waals surface area contributed by atoms with Crippen LogP contribution in [0.1, 0.15) is 34.6 Å². The van der Waals surface area contributed by atoms with Crippen LogP contribution in [-0.2, 0) is 18.4 Å². The third-order valence-electron chi connectivity index (χ3n) is 7.71. The Hall–Kier alpha value is -4.12. The number of amides is 2. The van der Waals surface area contributed by atoms with Crippen LogP contribution in [-0.4, -0.2) is 73.8 Å². The number of anilines is 1. The SMILES string of the molecule is C=CC(=O)N1CCN2C(=O)c3c(N4Cc5cnn(C)c5[C@H]4C)nc(-c4c(O)cccc4F)c(Cl)c3OC[C@H]2C1. The number of rotatable bonds is 3. The molecule has 1 fully saturated rings. The molecule has 0 aliphatic carbocycles. The second-order valence-corrected chi connectivity index (χ2v) is 10.2. The van der Waals surface area contributed by atoms with Crippen molar-refractivity contribution < 1.29 is 23.8 Å². The predicted octanol–water partition coefficient (Wildman–Crippen LogP) is 3.29. The lowest BCUT2D eigenvalue weighted by Crippen LogP contribution is -2.57. The first-order chi connectivity index (χ1) is 18.7. The van der Waals surface area contributed by atoms with E-state index < -0.39 is 11.9 Å². The summed E-state index contributed by atoms with van der Waals surface area (Å²) in [6, 6.07) is 3.28. The highest BCUT2D eigenvalue weighted by atomic mass is 35.5. The Morgan fingerprint density at radius 3 is 2.79 bits per heavy atom. The molecule has 0 radical (unpaired) electrons. The zero-order valence-corrected chi connectivity index (χ0v) is 22.2. The monoisotopic (exact) mass is 552 g/mol. The number of phenolic OH excluding ortho intramolecular Hbond substituents is 1. The number of phenols is 1. The van der Waals surface area contributed by atoms with Crippen molar-refractivity contribution in [3.8, 4) is 22.8 Å². The van der Waals surface area contributed by atoms with Crippen LogP contribution in [0.2, 0.25) is 5.02 Å². The van der Waals surface area contributed by atoms with Gasteiger partial charge in [0.1, 0.15) is 40.3 Å². The average Bonchev–Trinajstić information content (AvgIpc) is 3.41. The summed E-state index contributed by atoms with van der Waals surface area (Å²) in [5.41, 5.74) is 1.89. The van der Waals surface area contributed by atoms with Crippen molar-refractivity contribution in [3.05, 3.63) is 64.7 Å². The molecule has 1 N–H and O–H groups in total. The van der Waals surface area contributed by atoms with Gasteiger partial charge >= 0.3 is 0 Å². The maximum absolute atomic E-state index is 15.1. The molecule has 0 spiro atoms. The lowest BCUT2D eigenvalue weighted by Gasteiger charge is -2.39. The van der Waals surface area contributed by atoms with Gasteiger partial charge in [0.05, 0.1) is 29.5 Å². The van der Waals surface area contributed by atoms with E-state index in [9.17, 15) is 14.7 Å². The molecule has 1 saturated heterocycles. The van der Waals surface area contributed by atoms with E-state index in [1.54, 1.807) is 20.7 Å². The number of pyridine rings is 1. The predicted molar refractivity (Wildman–Crippen MR) is 141 cm³/mol. The Balaban J connectivity index is 1.53. The molecule has 2 atom stereocenters. The Morgan fingerprint density at radius 2 is 2.08 bits per heavy atom. The maximum atomic E-state index is 15.1. The number of aromatic nitrogens is 3. The molecule has 5 heterocycles. The first-order valence-electron chi connectivity index (χ1n) is 12.5. The minimum atomic E-state index is -0.715. The molecular weight excluding hydrogens is 527 g/mol. The summed E-state index contributed by atoms with van der Waals surface area (Å²) in [6.45, 7) is 6.90. The summed E-state index contributed by atoms with van der Waals surface area (Å²) in [5.74, 6) is -1.28. The number of halogens is 2. The summed E-state index contributed by atoms with van der Waals surface area (Å²) in [5, 5.41) is 14.9. The number of aryl methyl sites for hydroxylation is 1. The van der Waals surface area contributed by atoms with Crippen LogP contribution < -0.4 is 9.64 Å². The van der Waals surface area contributed by atoms with Gasteiger partial charge in [-0.15, -0.1) is 0 Å². The summed E-state index contributed by atoms with van der Waals surface area (Å²) >= 11 is 6.80. The van der Waals surface area contributed by atoms with Crippen molar-refractivity contribution in [2.45, 2.75) is 25.6 Å². The summed E-state index contributed by atoms with van der Waals surface area (Å²) < 4.78 is 23.0. The van der Waals surface area contributed by atoms with Crippen molar-refractivity contribution in [2.24, 2.45) is 7.05 Å². The average molecular weight is 553 g/mol. The van der Waals surface area contributed by atoms with Crippen molar-refractivity contribution in [1.29, 1.82) is 0 Å². The molecule has 3 aliphatic heterocycles. The van der Waals surface area contributed by atoms with Gasteiger partial charge in [-0.25, -0.2) is 9.37 Å². The van der Waals surface area contributed by atoms with Crippen LogP contribution in [0.25, 0.3) is 11.3 Å². The van der Waals surface area contributed by atoms with E-state index in [0.717, 1.165) is 11.3 Å². The highest BCUT2D eigenvalue weighted by Gasteiger charge is 2.43. The van der Waals surface area contributed by atoms with Crippen LogP contribution in [0.4, 0.5) is 10.2 Å². The molecule has 39 heavy (non-hydrogen) atoms. The minimum absolute atomic E-state index is 0.0292. The van der Waals surface area contributed by atoms with Crippen LogP contribution in [0, 0.1) is 5.82 Å². The number of carbonyl (C=O) groups is 2. The Labute approximate surface area is 228 Å². The number of hydrogen-bond donors (Lipinski definition) is 1. The third-order valence-corrected chi connectivity index (χ3v) is 8.06. The molecule has 2 amide bonds. The van der Waals surface area contributed by atoms with Crippen LogP contribution in [0.3, 0.4) is 0 Å². The second kappa shape index (κ2) is 9.26. The molecule has 10 nitrogen and oxygen atoms in total. The van der Waals surface area contributed by atoms with E-state index in [2.05, 4.69) is 11.7 Å². The third kappa shape index (κ3) is 3.82. The standard InChI is InChI=1S/C27H26ClFN6O4/c1-4-19(37)33-8-9-34-16(12-33)13-39-25-21(27(34)38)26(35-11-15-10-30-32(3)24(15)14(35)2)31-23(22(25)28)20-17(29)6-5-7-18(20)36/h4-7,10,14,16,36H,1,8-9,11-13H2,2-3H3/t14-,16-/m1/s1. The number of piperazine rings is 1. The number of nitrogens with zero attached hydrogens (tertiary/aromatic N) is 6. The van der Waals surface area contributed by atoms with Gasteiger partial charge in [0.2, 0.25) is 5.91 Å². The van der Waals surface area contributed by atoms with E-state index in [0.29, 0.717) is 19.6 Å². The zero-order chi connectivity index (χ0) is 27.6. The molecule has 202 valence electrons. The smallest absolute Gasteiger partial charge is 0.261 e. The van der Waals surface area contributed by atoms with Crippen LogP contribution >= 0.6 is 11.6 Å². The second-order valence-electron chi connectivity index (χ2n) is 9.87. The molecule has 1 aromatic carbocycles. The first kappa shape index (κ1) is 25.2. The molecule has 0 bridgehead atoms. The van der Waals surface area contributed by atoms with E-state index in [1.165, 1.54) is 24.3 Å². The molecule has 0 unspecified atom stereocenters. The fourth-order valence-corrected chi connectivity index (χ4v) is 6.06. The Morgan fingerprint density at radius 1 is 1.28 bits per heavy atom. The molecule has 6 rings (SSSR count). The fraction of sp³-hybridized carbons (Fsp3) is 0.333. The first-order valence-corrected chi connectivity index (χ1v) is 12.9. The fourth-order valence-electron chi connectivity index (χ4n) is 5.78. The quantitative estimate of drug-likeness (QED) is 0.497. The summed E-state index contributed by atoms with van der Waals surface area (Å²) in [4.78, 5) is 36.4. The van der Waals surface area contributed by atoms with Crippen molar-refractivity contribution in [1.82, 2.24) is 24.6 Å². The highest BCUT2D eigenvalue weighted by Crippen LogP contribution is 2.48. The molecule has 3 aromatic rings. The van der Waals surface area contributed by atoms with Gasteiger partial charge in [0.15, 0.2) is 5.75 Å². The molecular formula is C27H26ClFN6O4. The van der Waals surface area contributed by atoms with Gasteiger partial charge in [-0.1, -0.05) is 24.2 Å². The number of hydrogen-bond acceptors (Lipinski definition) is 7. The number of carbonyl (C=O) groups excluding carboxylic acids is 2. The normalized spacial score (nSPS) is 20.2. The van der Waals surface area contributed by atoms with E-state index in [-0.39, 0.29) is 70.2 Å². The van der Waals surface area contributed by atoms with Crippen molar-refractivity contribution in [3.63, 3.8) is 0 Å². The summed E-state index contributed by atoms with van der Waals surface area (Å²) in [6.07, 6.45) is 3.02. The Kier molecular flexibility index (Phi) is 5.98. The van der Waals surface area contributed by atoms with Crippen molar-refractivity contribution in [2.75, 3.05) is 31.1 Å². The van der Waals surface area contributed by atoms with E-state index in [1.807, 2.05) is 18.9 Å². The van der Waals surface area contributed by atoms with Gasteiger partial charge in [-0.2, -0.15) is 5.10 Å². The summed E-state index contributed by atoms with van der Waals surface area (Å²) in [7, 11) is 1.85. The topological polar surface area (TPSA) is 104 Å². The van der Waals surface area contributed by atoms with E-state index >= 15 is 4.39 Å². The van der Waals surface area contributed by atoms with Crippen LogP contribution in [0.15, 0.2) is 37.1 Å². The van der Waals surface area contributed by atoms with Gasteiger partial charge in [0.25, 0.3) is 5.91 Å². The number of fused-ring (bicyclic) bond motifs is 3. The van der Waals surface area contributed by atoms with Crippen molar-refractivity contribution >= 4 is 29.2 Å². The molecule has 0 saturated carbocycles. The molecule has 2 aromatic heterocycles. The highest BCUT2D eigenvalue weighted by molar-refractivity contribution is 6.35. The maximum Gasteiger partial charge on any atom is 0.261 e. The van der Waals surface area contributed by atoms with Crippen LogP contribution in [0.5, 0.6) is 11.5 Å².